The maximum absolute atomic E-state index is 13.0. The highest BCUT2D eigenvalue weighted by molar-refractivity contribution is 5.70. The molecule has 6 nitrogen and oxygen atoms in total. The summed E-state index contributed by atoms with van der Waals surface area (Å²) in [6, 6.07) is 5.96. The fourth-order valence-electron chi connectivity index (χ4n) is 2.07. The lowest BCUT2D eigenvalue weighted by atomic mass is 10.1. The van der Waals surface area contributed by atoms with Crippen LogP contribution in [0.25, 0.3) is 22.6 Å². The molecular weight excluding hydrogens is 275 g/mol. The number of rotatable bonds is 4. The Morgan fingerprint density at radius 2 is 2.10 bits per heavy atom. The van der Waals surface area contributed by atoms with E-state index in [-0.39, 0.29) is 11.5 Å². The van der Waals surface area contributed by atoms with Crippen LogP contribution < -0.4 is 5.69 Å². The number of nitrogens with zero attached hydrogens (tertiary/aromatic N) is 3. The first-order valence-corrected chi connectivity index (χ1v) is 6.39. The summed E-state index contributed by atoms with van der Waals surface area (Å²) in [6.07, 6.45) is 1.55. The average molecular weight is 288 g/mol. The Morgan fingerprint density at radius 3 is 2.81 bits per heavy atom. The monoisotopic (exact) mass is 288 g/mol. The van der Waals surface area contributed by atoms with Crippen molar-refractivity contribution in [1.29, 1.82) is 0 Å². The van der Waals surface area contributed by atoms with E-state index in [1.807, 2.05) is 0 Å². The minimum atomic E-state index is -0.313. The van der Waals surface area contributed by atoms with E-state index in [0.29, 0.717) is 30.1 Å². The van der Waals surface area contributed by atoms with Gasteiger partial charge >= 0.3 is 5.69 Å². The average Bonchev–Trinajstić information content (AvgIpc) is 2.80. The number of nitrogens with one attached hydrogen (secondary N) is 1. The molecular formula is C14H13FN4O2. The van der Waals surface area contributed by atoms with Gasteiger partial charge in [0.15, 0.2) is 11.3 Å². The van der Waals surface area contributed by atoms with Crippen molar-refractivity contribution in [3.63, 3.8) is 0 Å². The largest absolute Gasteiger partial charge is 0.383 e. The number of halogens is 1. The summed E-state index contributed by atoms with van der Waals surface area (Å²) in [5.74, 6) is -0.313. The zero-order valence-electron chi connectivity index (χ0n) is 11.3. The third-order valence-corrected chi connectivity index (χ3v) is 3.14. The van der Waals surface area contributed by atoms with E-state index >= 15 is 0 Å². The Morgan fingerprint density at radius 1 is 1.33 bits per heavy atom. The number of methoxy groups -OCH3 is 1. The number of hydrogen-bond donors (Lipinski definition) is 1. The third kappa shape index (κ3) is 2.55. The number of fused-ring (bicyclic) bond motifs is 1. The number of benzene rings is 1. The predicted octanol–water partition coefficient (Wildman–Crippen LogP) is 1.57. The molecule has 2 heterocycles. The van der Waals surface area contributed by atoms with Crippen molar-refractivity contribution in [1.82, 2.24) is 19.5 Å². The molecule has 0 bridgehead atoms. The summed E-state index contributed by atoms with van der Waals surface area (Å²) in [5, 5.41) is 0. The third-order valence-electron chi connectivity index (χ3n) is 3.14. The molecule has 0 amide bonds. The van der Waals surface area contributed by atoms with Gasteiger partial charge in [0.05, 0.1) is 25.0 Å². The normalized spacial score (nSPS) is 11.1. The maximum atomic E-state index is 13.0. The molecule has 0 saturated carbocycles. The van der Waals surface area contributed by atoms with Gasteiger partial charge in [-0.15, -0.1) is 0 Å². The Balaban J connectivity index is 2.09. The molecule has 0 radical (unpaired) electrons. The second kappa shape index (κ2) is 5.45. The fourth-order valence-corrected chi connectivity index (χ4v) is 2.07. The summed E-state index contributed by atoms with van der Waals surface area (Å²) in [7, 11) is 1.56. The van der Waals surface area contributed by atoms with Gasteiger partial charge in [0.1, 0.15) is 5.82 Å². The van der Waals surface area contributed by atoms with Crippen LogP contribution in [-0.2, 0) is 11.3 Å². The molecule has 0 unspecified atom stereocenters. The second-order valence-electron chi connectivity index (χ2n) is 4.51. The highest BCUT2D eigenvalue weighted by Gasteiger charge is 2.11. The van der Waals surface area contributed by atoms with E-state index in [1.165, 1.54) is 16.7 Å². The molecule has 0 aliphatic rings. The summed E-state index contributed by atoms with van der Waals surface area (Å²) in [5.41, 5.74) is 1.91. The van der Waals surface area contributed by atoms with Crippen molar-refractivity contribution < 1.29 is 9.13 Å². The van der Waals surface area contributed by atoms with Crippen LogP contribution in [0.15, 0.2) is 35.3 Å². The van der Waals surface area contributed by atoms with Crippen LogP contribution in [0.2, 0.25) is 0 Å². The first-order chi connectivity index (χ1) is 10.2. The van der Waals surface area contributed by atoms with Crippen molar-refractivity contribution in [3.8, 4) is 11.3 Å². The number of H-pyrrole nitrogens is 1. The van der Waals surface area contributed by atoms with E-state index in [9.17, 15) is 9.18 Å². The van der Waals surface area contributed by atoms with Crippen molar-refractivity contribution in [2.75, 3.05) is 13.7 Å². The van der Waals surface area contributed by atoms with Crippen molar-refractivity contribution >= 4 is 11.3 Å². The highest BCUT2D eigenvalue weighted by atomic mass is 19.1. The molecule has 0 fully saturated rings. The molecule has 21 heavy (non-hydrogen) atoms. The molecule has 2 aromatic heterocycles. The molecule has 1 aromatic carbocycles. The first-order valence-electron chi connectivity index (χ1n) is 6.39. The fraction of sp³-hybridized carbons (Fsp3) is 0.214. The molecule has 7 heteroatoms. The lowest BCUT2D eigenvalue weighted by molar-refractivity contribution is 0.187. The lowest BCUT2D eigenvalue weighted by Crippen LogP contribution is -2.19. The number of hydrogen-bond acceptors (Lipinski definition) is 4. The smallest absolute Gasteiger partial charge is 0.328 e. The van der Waals surface area contributed by atoms with Crippen molar-refractivity contribution in [2.45, 2.75) is 6.54 Å². The summed E-state index contributed by atoms with van der Waals surface area (Å²) >= 11 is 0. The van der Waals surface area contributed by atoms with Gasteiger partial charge in [-0.05, 0) is 24.3 Å². The number of imidazole rings is 1. The van der Waals surface area contributed by atoms with Crippen LogP contribution in [0.1, 0.15) is 0 Å². The quantitative estimate of drug-likeness (QED) is 0.791. The number of aromatic nitrogens is 4. The van der Waals surface area contributed by atoms with E-state index in [0.717, 1.165) is 5.56 Å². The molecule has 108 valence electrons. The summed E-state index contributed by atoms with van der Waals surface area (Å²) in [6.45, 7) is 0.784. The van der Waals surface area contributed by atoms with Crippen LogP contribution in [0.4, 0.5) is 4.39 Å². The zero-order chi connectivity index (χ0) is 14.8. The first kappa shape index (κ1) is 13.4. The highest BCUT2D eigenvalue weighted by Crippen LogP contribution is 2.18. The standard InChI is InChI=1S/C14H13FN4O2/c1-21-7-6-19-13-12(18-14(19)20)16-8-11(17-13)9-2-4-10(15)5-3-9/h2-5,8H,6-7H2,1H3,(H,16,18,20). The van der Waals surface area contributed by atoms with Crippen LogP contribution in [0.3, 0.4) is 0 Å². The maximum Gasteiger partial charge on any atom is 0.328 e. The van der Waals surface area contributed by atoms with Crippen molar-refractivity contribution in [3.05, 3.63) is 46.8 Å². The van der Waals surface area contributed by atoms with E-state index in [1.54, 1.807) is 25.4 Å². The van der Waals surface area contributed by atoms with E-state index in [2.05, 4.69) is 15.0 Å². The molecule has 0 aliphatic heterocycles. The van der Waals surface area contributed by atoms with Gasteiger partial charge in [-0.3, -0.25) is 9.55 Å². The van der Waals surface area contributed by atoms with E-state index in [4.69, 9.17) is 4.74 Å². The van der Waals surface area contributed by atoms with Gasteiger partial charge in [-0.25, -0.2) is 19.2 Å². The van der Waals surface area contributed by atoms with Gasteiger partial charge in [0.2, 0.25) is 0 Å². The minimum absolute atomic E-state index is 0.279. The molecule has 3 aromatic rings. The van der Waals surface area contributed by atoms with Gasteiger partial charge < -0.3 is 4.74 Å². The Labute approximate surface area is 119 Å². The lowest BCUT2D eigenvalue weighted by Gasteiger charge is -2.03. The Bertz CT molecular complexity index is 823. The molecule has 1 N–H and O–H groups in total. The minimum Gasteiger partial charge on any atom is -0.383 e. The zero-order valence-corrected chi connectivity index (χ0v) is 11.3. The topological polar surface area (TPSA) is 72.8 Å². The molecule has 3 rings (SSSR count). The second-order valence-corrected chi connectivity index (χ2v) is 4.51. The van der Waals surface area contributed by atoms with Gasteiger partial charge in [-0.1, -0.05) is 0 Å². The van der Waals surface area contributed by atoms with E-state index < -0.39 is 0 Å². The van der Waals surface area contributed by atoms with Crippen LogP contribution in [0, 0.1) is 5.82 Å². The van der Waals surface area contributed by atoms with Crippen LogP contribution >= 0.6 is 0 Å². The SMILES string of the molecule is COCCn1c(=O)[nH]c2ncc(-c3ccc(F)cc3)nc21. The van der Waals surface area contributed by atoms with Crippen LogP contribution in [-0.4, -0.2) is 33.2 Å². The Kier molecular flexibility index (Phi) is 3.49. The van der Waals surface area contributed by atoms with Crippen LogP contribution in [0.5, 0.6) is 0 Å². The van der Waals surface area contributed by atoms with Gasteiger partial charge in [0.25, 0.3) is 0 Å². The summed E-state index contributed by atoms with van der Waals surface area (Å²) in [4.78, 5) is 23.1. The Hall–Kier alpha value is -2.54. The number of aromatic amines is 1. The summed E-state index contributed by atoms with van der Waals surface area (Å²) < 4.78 is 19.4. The molecule has 0 saturated heterocycles. The number of ether oxygens (including phenoxy) is 1. The molecule has 0 spiro atoms. The van der Waals surface area contributed by atoms with Crippen molar-refractivity contribution in [2.24, 2.45) is 0 Å². The predicted molar refractivity (Wildman–Crippen MR) is 75.4 cm³/mol. The molecule has 0 atom stereocenters. The van der Waals surface area contributed by atoms with Gasteiger partial charge in [-0.2, -0.15) is 0 Å². The molecule has 0 aliphatic carbocycles. The van der Waals surface area contributed by atoms with Gasteiger partial charge in [0, 0.05) is 12.7 Å².